The van der Waals surface area contributed by atoms with Gasteiger partial charge in [-0.05, 0) is 25.4 Å². The van der Waals surface area contributed by atoms with Crippen LogP contribution >= 0.6 is 15.9 Å². The van der Waals surface area contributed by atoms with Gasteiger partial charge < -0.3 is 4.90 Å². The molecule has 0 saturated carbocycles. The molecule has 0 spiro atoms. The molecule has 1 rings (SSSR count). The maximum Gasteiger partial charge on any atom is 0.0299 e. The summed E-state index contributed by atoms with van der Waals surface area (Å²) in [7, 11) is 0. The summed E-state index contributed by atoms with van der Waals surface area (Å²) in [5, 5.41) is 0. The molecule has 0 radical (unpaired) electrons. The molecular weight excluding hydrogens is 190 g/mol. The average Bonchev–Trinajstić information content (AvgIpc) is 1.95. The summed E-state index contributed by atoms with van der Waals surface area (Å²) in [6.07, 6.45) is 1.35. The van der Waals surface area contributed by atoms with E-state index in [9.17, 15) is 0 Å². The molecule has 1 aliphatic heterocycles. The molecule has 1 fully saturated rings. The first kappa shape index (κ1) is 8.54. The van der Waals surface area contributed by atoms with Crippen molar-refractivity contribution in [3.05, 3.63) is 0 Å². The van der Waals surface area contributed by atoms with E-state index in [1.165, 1.54) is 26.1 Å². The van der Waals surface area contributed by atoms with Crippen LogP contribution in [0.25, 0.3) is 0 Å². The molecule has 60 valence electrons. The minimum Gasteiger partial charge on any atom is -0.302 e. The van der Waals surface area contributed by atoms with E-state index in [1.807, 2.05) is 0 Å². The standard InChI is InChI=1S/C8H16BrN/c1-3-10-5-4-7(2)8(9)6-10/h7-8H,3-6H2,1-2H3. The van der Waals surface area contributed by atoms with Crippen molar-refractivity contribution < 1.29 is 0 Å². The average molecular weight is 206 g/mol. The van der Waals surface area contributed by atoms with Crippen LogP contribution in [0.3, 0.4) is 0 Å². The van der Waals surface area contributed by atoms with Gasteiger partial charge in [0.05, 0.1) is 0 Å². The summed E-state index contributed by atoms with van der Waals surface area (Å²) in [4.78, 5) is 3.22. The largest absolute Gasteiger partial charge is 0.302 e. The summed E-state index contributed by atoms with van der Waals surface area (Å²) in [5.74, 6) is 0.864. The maximum atomic E-state index is 3.69. The fraction of sp³-hybridized carbons (Fsp3) is 1.00. The van der Waals surface area contributed by atoms with Crippen molar-refractivity contribution in [2.24, 2.45) is 5.92 Å². The summed E-state index contributed by atoms with van der Waals surface area (Å²) in [6.45, 7) is 8.29. The zero-order valence-electron chi connectivity index (χ0n) is 6.81. The third kappa shape index (κ3) is 1.96. The summed E-state index contributed by atoms with van der Waals surface area (Å²) >= 11 is 3.69. The van der Waals surface area contributed by atoms with Gasteiger partial charge in [0.15, 0.2) is 0 Å². The second-order valence-corrected chi connectivity index (χ2v) is 4.35. The Morgan fingerprint density at radius 1 is 1.60 bits per heavy atom. The molecule has 0 aromatic rings. The molecule has 0 bridgehead atoms. The number of halogens is 1. The van der Waals surface area contributed by atoms with E-state index in [4.69, 9.17) is 0 Å². The van der Waals surface area contributed by atoms with Gasteiger partial charge in [-0.1, -0.05) is 29.8 Å². The van der Waals surface area contributed by atoms with Crippen LogP contribution in [0.15, 0.2) is 0 Å². The van der Waals surface area contributed by atoms with Crippen molar-refractivity contribution in [3.63, 3.8) is 0 Å². The monoisotopic (exact) mass is 205 g/mol. The second kappa shape index (κ2) is 3.72. The molecule has 0 N–H and O–H groups in total. The lowest BCUT2D eigenvalue weighted by molar-refractivity contribution is 0.210. The van der Waals surface area contributed by atoms with Gasteiger partial charge in [-0.25, -0.2) is 0 Å². The van der Waals surface area contributed by atoms with Gasteiger partial charge >= 0.3 is 0 Å². The lowest BCUT2D eigenvalue weighted by Crippen LogP contribution is -2.39. The van der Waals surface area contributed by atoms with Gasteiger partial charge in [-0.3, -0.25) is 0 Å². The zero-order valence-corrected chi connectivity index (χ0v) is 8.39. The summed E-state index contributed by atoms with van der Waals surface area (Å²) < 4.78 is 0. The van der Waals surface area contributed by atoms with Crippen molar-refractivity contribution in [3.8, 4) is 0 Å². The highest BCUT2D eigenvalue weighted by molar-refractivity contribution is 9.09. The van der Waals surface area contributed by atoms with Crippen molar-refractivity contribution in [2.45, 2.75) is 25.1 Å². The number of likely N-dealkylation sites (tertiary alicyclic amines) is 1. The van der Waals surface area contributed by atoms with E-state index >= 15 is 0 Å². The van der Waals surface area contributed by atoms with Crippen LogP contribution in [0.5, 0.6) is 0 Å². The van der Waals surface area contributed by atoms with Gasteiger partial charge in [0, 0.05) is 11.4 Å². The quantitative estimate of drug-likeness (QED) is 0.594. The topological polar surface area (TPSA) is 3.24 Å². The van der Waals surface area contributed by atoms with Crippen LogP contribution in [0.2, 0.25) is 0 Å². The minimum atomic E-state index is 0.723. The van der Waals surface area contributed by atoms with Crippen LogP contribution in [-0.2, 0) is 0 Å². The third-order valence-electron chi connectivity index (χ3n) is 2.40. The normalized spacial score (nSPS) is 36.3. The second-order valence-electron chi connectivity index (χ2n) is 3.18. The molecule has 1 heterocycles. The van der Waals surface area contributed by atoms with E-state index < -0.39 is 0 Å². The van der Waals surface area contributed by atoms with Gasteiger partial charge in [0.1, 0.15) is 0 Å². The minimum absolute atomic E-state index is 0.723. The highest BCUT2D eigenvalue weighted by Gasteiger charge is 2.22. The lowest BCUT2D eigenvalue weighted by Gasteiger charge is -2.33. The Kier molecular flexibility index (Phi) is 3.18. The molecular formula is C8H16BrN. The molecule has 1 saturated heterocycles. The number of rotatable bonds is 1. The number of nitrogens with zero attached hydrogens (tertiary/aromatic N) is 1. The Labute approximate surface area is 71.9 Å². The SMILES string of the molecule is CCN1CCC(C)C(Br)C1. The molecule has 2 heteroatoms. The van der Waals surface area contributed by atoms with E-state index in [2.05, 4.69) is 34.7 Å². The maximum absolute atomic E-state index is 3.69. The van der Waals surface area contributed by atoms with E-state index in [-0.39, 0.29) is 0 Å². The summed E-state index contributed by atoms with van der Waals surface area (Å²) in [5.41, 5.74) is 0. The van der Waals surface area contributed by atoms with Gasteiger partial charge in [0.2, 0.25) is 0 Å². The number of hydrogen-bond donors (Lipinski definition) is 0. The first-order valence-electron chi connectivity index (χ1n) is 4.10. The number of alkyl halides is 1. The Morgan fingerprint density at radius 3 is 2.80 bits per heavy atom. The van der Waals surface area contributed by atoms with Crippen LogP contribution in [0.4, 0.5) is 0 Å². The summed E-state index contributed by atoms with van der Waals surface area (Å²) in [6, 6.07) is 0. The fourth-order valence-corrected chi connectivity index (χ4v) is 2.05. The number of hydrogen-bond acceptors (Lipinski definition) is 1. The molecule has 2 unspecified atom stereocenters. The molecule has 2 atom stereocenters. The molecule has 0 amide bonds. The van der Waals surface area contributed by atoms with E-state index in [0.29, 0.717) is 0 Å². The van der Waals surface area contributed by atoms with Crippen molar-refractivity contribution in [2.75, 3.05) is 19.6 Å². The van der Waals surface area contributed by atoms with Crippen LogP contribution in [-0.4, -0.2) is 29.4 Å². The van der Waals surface area contributed by atoms with Crippen molar-refractivity contribution in [1.29, 1.82) is 0 Å². The van der Waals surface area contributed by atoms with Gasteiger partial charge in [-0.15, -0.1) is 0 Å². The Balaban J connectivity index is 2.33. The molecule has 1 aliphatic rings. The first-order chi connectivity index (χ1) is 4.74. The van der Waals surface area contributed by atoms with Crippen LogP contribution < -0.4 is 0 Å². The highest BCUT2D eigenvalue weighted by atomic mass is 79.9. The third-order valence-corrected chi connectivity index (χ3v) is 3.59. The fourth-order valence-electron chi connectivity index (χ4n) is 1.37. The molecule has 0 aromatic heterocycles. The first-order valence-corrected chi connectivity index (χ1v) is 5.02. The van der Waals surface area contributed by atoms with Gasteiger partial charge in [-0.2, -0.15) is 0 Å². The Morgan fingerprint density at radius 2 is 2.30 bits per heavy atom. The zero-order chi connectivity index (χ0) is 7.56. The molecule has 1 nitrogen and oxygen atoms in total. The highest BCUT2D eigenvalue weighted by Crippen LogP contribution is 2.22. The lowest BCUT2D eigenvalue weighted by atomic mass is 9.99. The van der Waals surface area contributed by atoms with Crippen LogP contribution in [0, 0.1) is 5.92 Å². The van der Waals surface area contributed by atoms with Crippen molar-refractivity contribution in [1.82, 2.24) is 4.90 Å². The van der Waals surface area contributed by atoms with E-state index in [1.54, 1.807) is 0 Å². The Bertz CT molecular complexity index is 105. The van der Waals surface area contributed by atoms with Gasteiger partial charge in [0.25, 0.3) is 0 Å². The van der Waals surface area contributed by atoms with Crippen LogP contribution in [0.1, 0.15) is 20.3 Å². The van der Waals surface area contributed by atoms with E-state index in [0.717, 1.165) is 10.7 Å². The molecule has 0 aromatic carbocycles. The number of piperidine rings is 1. The molecule has 10 heavy (non-hydrogen) atoms. The Hall–Kier alpha value is 0.440. The predicted octanol–water partition coefficient (Wildman–Crippen LogP) is 2.11. The predicted molar refractivity (Wildman–Crippen MR) is 48.6 cm³/mol. The van der Waals surface area contributed by atoms with Crippen molar-refractivity contribution >= 4 is 15.9 Å². The molecule has 0 aliphatic carbocycles. The smallest absolute Gasteiger partial charge is 0.0299 e.